The Morgan fingerprint density at radius 1 is 1.24 bits per heavy atom. The molecule has 2 aliphatic rings. The van der Waals surface area contributed by atoms with Crippen molar-refractivity contribution in [2.75, 3.05) is 0 Å². The Hall–Kier alpha value is -1.28. The first-order chi connectivity index (χ1) is 15.8. The zero-order valence-electron chi connectivity index (χ0n) is 21.8. The highest BCUT2D eigenvalue weighted by molar-refractivity contribution is 7.09. The lowest BCUT2D eigenvalue weighted by atomic mass is 9.73. The van der Waals surface area contributed by atoms with E-state index in [1.54, 1.807) is 11.3 Å². The van der Waals surface area contributed by atoms with Gasteiger partial charge in [-0.1, -0.05) is 34.1 Å². The van der Waals surface area contributed by atoms with E-state index < -0.39 is 17.6 Å². The topological polar surface area (TPSA) is 92.2 Å². The summed E-state index contributed by atoms with van der Waals surface area (Å²) in [4.78, 5) is 17.4. The number of rotatable bonds is 2. The second-order valence-corrected chi connectivity index (χ2v) is 12.5. The van der Waals surface area contributed by atoms with Gasteiger partial charge in [0, 0.05) is 24.1 Å². The molecule has 7 heteroatoms. The highest BCUT2D eigenvalue weighted by atomic mass is 32.1. The number of ether oxygens (including phenoxy) is 2. The average molecular weight is 494 g/mol. The Bertz CT molecular complexity index is 880. The monoisotopic (exact) mass is 493 g/mol. The van der Waals surface area contributed by atoms with E-state index in [0.29, 0.717) is 12.8 Å². The molecule has 3 heterocycles. The van der Waals surface area contributed by atoms with Crippen LogP contribution in [0.4, 0.5) is 0 Å². The van der Waals surface area contributed by atoms with Crippen LogP contribution in [0, 0.1) is 24.2 Å². The van der Waals surface area contributed by atoms with Crippen LogP contribution < -0.4 is 0 Å². The third kappa shape index (κ3) is 6.68. The summed E-state index contributed by atoms with van der Waals surface area (Å²) >= 11 is 1.60. The maximum Gasteiger partial charge on any atom is 0.306 e. The number of aryl methyl sites for hydroxylation is 1. The van der Waals surface area contributed by atoms with Crippen molar-refractivity contribution in [3.63, 3.8) is 0 Å². The molecule has 0 radical (unpaired) electrons. The summed E-state index contributed by atoms with van der Waals surface area (Å²) in [6.07, 6.45) is 4.38. The summed E-state index contributed by atoms with van der Waals surface area (Å²) in [7, 11) is 0. The normalized spacial score (nSPS) is 38.1. The largest absolute Gasteiger partial charge is 0.458 e. The fourth-order valence-electron chi connectivity index (χ4n) is 5.25. The standard InChI is InChI=1S/C27H43NO5S/c1-16-9-8-11-27(7)22(33-27)14-21(17(2)13-20-15-34-19(4)28-20)32-23(29)10-12-26(5,6)25(31)18(3)24(16)30/h13,15-16,18,21-22,24-25,30-31H,8-12,14H2,1-7H3/b17-13+/t16?,18?,21-,22+,24?,25?,27-/m0/s1. The molecule has 3 rings (SSSR count). The van der Waals surface area contributed by atoms with E-state index in [-0.39, 0.29) is 42.0 Å². The van der Waals surface area contributed by atoms with E-state index in [4.69, 9.17) is 9.47 Å². The molecular formula is C27H43NO5S. The fraction of sp³-hybridized carbons (Fsp3) is 0.778. The van der Waals surface area contributed by atoms with Crippen molar-refractivity contribution in [3.8, 4) is 0 Å². The lowest BCUT2D eigenvalue weighted by Crippen LogP contribution is -2.42. The number of cyclic esters (lactones) is 1. The van der Waals surface area contributed by atoms with E-state index >= 15 is 0 Å². The van der Waals surface area contributed by atoms with Gasteiger partial charge in [-0.2, -0.15) is 0 Å². The van der Waals surface area contributed by atoms with Crippen LogP contribution in [0.2, 0.25) is 0 Å². The molecule has 2 N–H and O–H groups in total. The van der Waals surface area contributed by atoms with Gasteiger partial charge in [0.2, 0.25) is 0 Å². The molecular weight excluding hydrogens is 450 g/mol. The summed E-state index contributed by atoms with van der Waals surface area (Å²) < 4.78 is 12.1. The number of epoxide rings is 1. The molecule has 0 saturated carbocycles. The van der Waals surface area contributed by atoms with Crippen molar-refractivity contribution in [1.82, 2.24) is 4.98 Å². The van der Waals surface area contributed by atoms with Gasteiger partial charge in [-0.25, -0.2) is 4.98 Å². The average Bonchev–Trinajstić information content (AvgIpc) is 3.21. The predicted molar refractivity (Wildman–Crippen MR) is 135 cm³/mol. The molecule has 0 bridgehead atoms. The predicted octanol–water partition coefficient (Wildman–Crippen LogP) is 5.30. The zero-order chi connectivity index (χ0) is 25.3. The highest BCUT2D eigenvalue weighted by Gasteiger charge is 2.52. The Labute approximate surface area is 208 Å². The molecule has 1 aromatic heterocycles. The number of aromatic nitrogens is 1. The number of hydrogen-bond donors (Lipinski definition) is 2. The molecule has 0 aliphatic carbocycles. The van der Waals surface area contributed by atoms with E-state index in [1.165, 1.54) is 0 Å². The van der Waals surface area contributed by atoms with Crippen LogP contribution in [0.5, 0.6) is 0 Å². The van der Waals surface area contributed by atoms with Crippen LogP contribution in [-0.2, 0) is 14.3 Å². The Balaban J connectivity index is 1.80. The van der Waals surface area contributed by atoms with E-state index in [2.05, 4.69) is 18.8 Å². The van der Waals surface area contributed by atoms with Crippen LogP contribution in [-0.4, -0.2) is 51.2 Å². The Morgan fingerprint density at radius 2 is 1.94 bits per heavy atom. The molecule has 2 fully saturated rings. The SMILES string of the molecule is C/C(=C\c1csc(C)n1)[C@@H]1C[C@H]2O[C@@]2(C)CCCC(C)C(O)C(C)C(O)C(C)(C)CCC(=O)O1. The lowest BCUT2D eigenvalue weighted by Gasteiger charge is -2.38. The smallest absolute Gasteiger partial charge is 0.306 e. The number of nitrogens with zero attached hydrogens (tertiary/aromatic N) is 1. The Kier molecular flexibility index (Phi) is 8.65. The van der Waals surface area contributed by atoms with Crippen molar-refractivity contribution >= 4 is 23.4 Å². The van der Waals surface area contributed by atoms with Gasteiger partial charge in [-0.15, -0.1) is 11.3 Å². The van der Waals surface area contributed by atoms with Gasteiger partial charge >= 0.3 is 5.97 Å². The van der Waals surface area contributed by atoms with Gasteiger partial charge in [0.1, 0.15) is 6.10 Å². The van der Waals surface area contributed by atoms with Gasteiger partial charge in [0.05, 0.1) is 34.6 Å². The first kappa shape index (κ1) is 27.3. The lowest BCUT2D eigenvalue weighted by molar-refractivity contribution is -0.149. The van der Waals surface area contributed by atoms with Crippen molar-refractivity contribution in [3.05, 3.63) is 21.7 Å². The highest BCUT2D eigenvalue weighted by Crippen LogP contribution is 2.45. The van der Waals surface area contributed by atoms with Crippen molar-refractivity contribution in [1.29, 1.82) is 0 Å². The number of aliphatic hydroxyl groups is 2. The minimum absolute atomic E-state index is 0.0381. The number of carbonyl (C=O) groups excluding carboxylic acids is 1. The number of fused-ring (bicyclic) bond motifs is 1. The first-order valence-corrected chi connectivity index (χ1v) is 13.5. The quantitative estimate of drug-likeness (QED) is 0.429. The first-order valence-electron chi connectivity index (χ1n) is 12.7. The van der Waals surface area contributed by atoms with Crippen LogP contribution >= 0.6 is 11.3 Å². The van der Waals surface area contributed by atoms with Crippen LogP contribution in [0.15, 0.2) is 11.0 Å². The maximum absolute atomic E-state index is 12.9. The summed E-state index contributed by atoms with van der Waals surface area (Å²) in [6.45, 7) is 14.0. The molecule has 34 heavy (non-hydrogen) atoms. The summed E-state index contributed by atoms with van der Waals surface area (Å²) in [5.74, 6) is -0.476. The number of hydrogen-bond acceptors (Lipinski definition) is 7. The molecule has 2 aliphatic heterocycles. The van der Waals surface area contributed by atoms with E-state index in [0.717, 1.165) is 35.5 Å². The van der Waals surface area contributed by atoms with E-state index in [1.807, 2.05) is 46.1 Å². The van der Waals surface area contributed by atoms with Gasteiger partial charge < -0.3 is 19.7 Å². The minimum Gasteiger partial charge on any atom is -0.458 e. The molecule has 0 aromatic carbocycles. The van der Waals surface area contributed by atoms with Gasteiger partial charge in [-0.05, 0) is 63.0 Å². The number of aliphatic hydroxyl groups excluding tert-OH is 2. The number of thiazole rings is 1. The minimum atomic E-state index is -0.718. The van der Waals surface area contributed by atoms with Crippen LogP contribution in [0.25, 0.3) is 6.08 Å². The third-order valence-corrected chi connectivity index (χ3v) is 8.78. The van der Waals surface area contributed by atoms with Crippen LogP contribution in [0.3, 0.4) is 0 Å². The molecule has 0 spiro atoms. The Morgan fingerprint density at radius 3 is 2.59 bits per heavy atom. The molecule has 2 saturated heterocycles. The summed E-state index contributed by atoms with van der Waals surface area (Å²) in [5.41, 5.74) is 1.10. The van der Waals surface area contributed by atoms with Gasteiger partial charge in [-0.3, -0.25) is 4.79 Å². The number of carbonyl (C=O) groups is 1. The molecule has 1 aromatic rings. The molecule has 0 amide bonds. The fourth-order valence-corrected chi connectivity index (χ4v) is 5.82. The molecule has 192 valence electrons. The maximum atomic E-state index is 12.9. The van der Waals surface area contributed by atoms with Crippen molar-refractivity contribution < 1.29 is 24.5 Å². The molecule has 4 unspecified atom stereocenters. The van der Waals surface area contributed by atoms with Crippen molar-refractivity contribution in [2.24, 2.45) is 17.3 Å². The molecule has 6 nitrogen and oxygen atoms in total. The second kappa shape index (κ2) is 10.8. The second-order valence-electron chi connectivity index (χ2n) is 11.5. The van der Waals surface area contributed by atoms with E-state index in [9.17, 15) is 15.0 Å². The number of esters is 1. The molecule has 7 atom stereocenters. The zero-order valence-corrected chi connectivity index (χ0v) is 22.7. The third-order valence-electron chi connectivity index (χ3n) is 7.98. The summed E-state index contributed by atoms with van der Waals surface area (Å²) in [5, 5.41) is 24.9. The van der Waals surface area contributed by atoms with Crippen molar-refractivity contribution in [2.45, 2.75) is 117 Å². The summed E-state index contributed by atoms with van der Waals surface area (Å²) in [6, 6.07) is 0. The van der Waals surface area contributed by atoms with Crippen LogP contribution in [0.1, 0.15) is 90.8 Å². The van der Waals surface area contributed by atoms with Gasteiger partial charge in [0.25, 0.3) is 0 Å². The van der Waals surface area contributed by atoms with Gasteiger partial charge in [0.15, 0.2) is 0 Å².